The minimum absolute atomic E-state index is 0.0368. The van der Waals surface area contributed by atoms with E-state index in [1.807, 2.05) is 25.1 Å². The van der Waals surface area contributed by atoms with Gasteiger partial charge in [0.15, 0.2) is 16.7 Å². The van der Waals surface area contributed by atoms with Crippen LogP contribution in [0.3, 0.4) is 0 Å². The summed E-state index contributed by atoms with van der Waals surface area (Å²) in [6.45, 7) is 5.78. The molecule has 0 bridgehead atoms. The summed E-state index contributed by atoms with van der Waals surface area (Å²) in [4.78, 5) is 37.2. The van der Waals surface area contributed by atoms with Crippen molar-refractivity contribution < 1.29 is 19.1 Å². The van der Waals surface area contributed by atoms with Gasteiger partial charge in [-0.15, -0.1) is 0 Å². The first kappa shape index (κ1) is 24.2. The molecule has 34 heavy (non-hydrogen) atoms. The summed E-state index contributed by atoms with van der Waals surface area (Å²) in [6, 6.07) is 7.25. The Morgan fingerprint density at radius 1 is 1.09 bits per heavy atom. The first-order valence-electron chi connectivity index (χ1n) is 11.1. The molecule has 0 radical (unpaired) electrons. The Balaban J connectivity index is 1.26. The Bertz CT molecular complexity index is 1030. The highest BCUT2D eigenvalue weighted by Gasteiger charge is 2.22. The maximum Gasteiger partial charge on any atom is 0.317 e. The van der Waals surface area contributed by atoms with Gasteiger partial charge >= 0.3 is 6.03 Å². The van der Waals surface area contributed by atoms with Crippen molar-refractivity contribution in [3.63, 3.8) is 0 Å². The highest BCUT2D eigenvalue weighted by Crippen LogP contribution is 2.32. The Hall–Kier alpha value is -2.92. The van der Waals surface area contributed by atoms with Crippen LogP contribution in [0.4, 0.5) is 10.6 Å². The topological polar surface area (TPSA) is 109 Å². The summed E-state index contributed by atoms with van der Waals surface area (Å²) in [5.41, 5.74) is 0.923. The molecule has 3 heterocycles. The van der Waals surface area contributed by atoms with E-state index in [1.54, 1.807) is 11.0 Å². The number of nitrogens with zero attached hydrogens (tertiary/aromatic N) is 4. The molecule has 2 N–H and O–H groups in total. The fourth-order valence-corrected chi connectivity index (χ4v) is 4.44. The summed E-state index contributed by atoms with van der Waals surface area (Å²) in [5.74, 6) is 2.11. The number of urea groups is 1. The van der Waals surface area contributed by atoms with Crippen LogP contribution in [0.2, 0.25) is 5.15 Å². The summed E-state index contributed by atoms with van der Waals surface area (Å²) < 4.78 is 10.7. The van der Waals surface area contributed by atoms with Crippen LogP contribution in [0.25, 0.3) is 0 Å². The lowest BCUT2D eigenvalue weighted by molar-refractivity contribution is -0.118. The lowest BCUT2D eigenvalue weighted by Crippen LogP contribution is -2.52. The third-order valence-electron chi connectivity index (χ3n) is 5.34. The summed E-state index contributed by atoms with van der Waals surface area (Å²) in [5, 5.41) is 6.54. The van der Waals surface area contributed by atoms with Gasteiger partial charge in [0.25, 0.3) is 0 Å². The molecule has 10 nitrogen and oxygen atoms in total. The molecule has 0 atom stereocenters. The number of aromatic nitrogens is 2. The van der Waals surface area contributed by atoms with E-state index in [-0.39, 0.29) is 24.5 Å². The molecule has 1 saturated heterocycles. The molecule has 1 aromatic heterocycles. The molecular weight excluding hydrogens is 480 g/mol. The Kier molecular flexibility index (Phi) is 8.17. The van der Waals surface area contributed by atoms with E-state index < -0.39 is 0 Å². The predicted octanol–water partition coefficient (Wildman–Crippen LogP) is 2.51. The van der Waals surface area contributed by atoms with Crippen LogP contribution in [0.15, 0.2) is 29.4 Å². The van der Waals surface area contributed by atoms with Gasteiger partial charge in [-0.1, -0.05) is 36.4 Å². The van der Waals surface area contributed by atoms with E-state index >= 15 is 0 Å². The van der Waals surface area contributed by atoms with Crippen LogP contribution in [0.5, 0.6) is 11.5 Å². The average molecular weight is 507 g/mol. The van der Waals surface area contributed by atoms with Gasteiger partial charge in [0.1, 0.15) is 11.0 Å². The maximum atomic E-state index is 12.3. The van der Waals surface area contributed by atoms with Gasteiger partial charge in [0, 0.05) is 45.3 Å². The Labute approximate surface area is 207 Å². The zero-order valence-electron chi connectivity index (χ0n) is 18.9. The van der Waals surface area contributed by atoms with Gasteiger partial charge in [-0.3, -0.25) is 4.79 Å². The predicted molar refractivity (Wildman–Crippen MR) is 130 cm³/mol. The molecular formula is C22H27ClN6O4S. The summed E-state index contributed by atoms with van der Waals surface area (Å²) in [7, 11) is 0. The number of piperazine rings is 1. The number of fused-ring (bicyclic) bond motifs is 1. The SMILES string of the molecule is CCCNC(=O)N1CCN(c2cc(Cl)nc(SCC(=O)NCc3ccc4c(c3)OCO4)n2)CC1. The van der Waals surface area contributed by atoms with Crippen molar-refractivity contribution in [3.05, 3.63) is 35.0 Å². The number of ether oxygens (including phenoxy) is 2. The number of hydrogen-bond acceptors (Lipinski definition) is 8. The summed E-state index contributed by atoms with van der Waals surface area (Å²) >= 11 is 7.45. The van der Waals surface area contributed by atoms with Gasteiger partial charge < -0.3 is 29.9 Å². The monoisotopic (exact) mass is 506 g/mol. The molecule has 0 spiro atoms. The molecule has 2 aliphatic rings. The van der Waals surface area contributed by atoms with Gasteiger partial charge in [0.05, 0.1) is 5.75 Å². The highest BCUT2D eigenvalue weighted by atomic mass is 35.5. The molecule has 12 heteroatoms. The number of benzene rings is 1. The van der Waals surface area contributed by atoms with Gasteiger partial charge in [-0.2, -0.15) is 0 Å². The van der Waals surface area contributed by atoms with E-state index in [0.29, 0.717) is 66.9 Å². The maximum absolute atomic E-state index is 12.3. The van der Waals surface area contributed by atoms with E-state index in [2.05, 4.69) is 25.5 Å². The molecule has 0 unspecified atom stereocenters. The number of thioether (sulfide) groups is 1. The van der Waals surface area contributed by atoms with Crippen LogP contribution in [0.1, 0.15) is 18.9 Å². The molecule has 3 amide bonds. The van der Waals surface area contributed by atoms with Gasteiger partial charge in [-0.05, 0) is 24.1 Å². The molecule has 182 valence electrons. The fraction of sp³-hybridized carbons (Fsp3) is 0.455. The number of anilines is 1. The minimum Gasteiger partial charge on any atom is -0.454 e. The van der Waals surface area contributed by atoms with Crippen LogP contribution >= 0.6 is 23.4 Å². The first-order chi connectivity index (χ1) is 16.5. The first-order valence-corrected chi connectivity index (χ1v) is 12.5. The number of rotatable bonds is 8. The number of halogens is 1. The number of nitrogens with one attached hydrogen (secondary N) is 2. The zero-order valence-corrected chi connectivity index (χ0v) is 20.5. The quantitative estimate of drug-likeness (QED) is 0.319. The molecule has 1 fully saturated rings. The molecule has 2 aliphatic heterocycles. The van der Waals surface area contributed by atoms with Gasteiger partial charge in [-0.25, -0.2) is 14.8 Å². The van der Waals surface area contributed by atoms with E-state index in [0.717, 1.165) is 12.0 Å². The lowest BCUT2D eigenvalue weighted by Gasteiger charge is -2.35. The third-order valence-corrected chi connectivity index (χ3v) is 6.38. The van der Waals surface area contributed by atoms with Crippen molar-refractivity contribution in [2.75, 3.05) is 50.2 Å². The molecule has 1 aromatic carbocycles. The van der Waals surface area contributed by atoms with E-state index in [1.165, 1.54) is 11.8 Å². The van der Waals surface area contributed by atoms with Crippen molar-refractivity contribution in [2.24, 2.45) is 0 Å². The second-order valence-corrected chi connectivity index (χ2v) is 9.12. The van der Waals surface area contributed by atoms with Crippen molar-refractivity contribution in [1.82, 2.24) is 25.5 Å². The van der Waals surface area contributed by atoms with Crippen LogP contribution in [-0.4, -0.2) is 72.1 Å². The number of carbonyl (C=O) groups excluding carboxylic acids is 2. The largest absolute Gasteiger partial charge is 0.454 e. The summed E-state index contributed by atoms with van der Waals surface area (Å²) in [6.07, 6.45) is 0.905. The van der Waals surface area contributed by atoms with E-state index in [4.69, 9.17) is 21.1 Å². The normalized spacial score (nSPS) is 14.8. The Morgan fingerprint density at radius 2 is 1.88 bits per heavy atom. The van der Waals surface area contributed by atoms with Crippen LogP contribution in [-0.2, 0) is 11.3 Å². The molecule has 4 rings (SSSR count). The minimum atomic E-state index is -0.139. The van der Waals surface area contributed by atoms with Crippen LogP contribution < -0.4 is 25.0 Å². The van der Waals surface area contributed by atoms with Crippen LogP contribution in [0, 0.1) is 0 Å². The van der Waals surface area contributed by atoms with E-state index in [9.17, 15) is 9.59 Å². The second-order valence-electron chi connectivity index (χ2n) is 7.79. The second kappa shape index (κ2) is 11.5. The number of amides is 3. The smallest absolute Gasteiger partial charge is 0.317 e. The Morgan fingerprint density at radius 3 is 2.68 bits per heavy atom. The number of carbonyl (C=O) groups is 2. The molecule has 0 saturated carbocycles. The highest BCUT2D eigenvalue weighted by molar-refractivity contribution is 7.99. The standard InChI is InChI=1S/C22H27ClN6O4S/c1-2-5-24-22(31)29-8-6-28(7-9-29)19-11-18(23)26-21(27-19)34-13-20(30)25-12-15-3-4-16-17(10-15)33-14-32-16/h3-4,10-11H,2,5-9,12-14H2,1H3,(H,24,31)(H,25,30). The van der Waals surface area contributed by atoms with Crippen molar-refractivity contribution in [2.45, 2.75) is 25.0 Å². The molecule has 0 aliphatic carbocycles. The van der Waals surface area contributed by atoms with Crippen molar-refractivity contribution in [3.8, 4) is 11.5 Å². The zero-order chi connectivity index (χ0) is 23.9. The number of hydrogen-bond donors (Lipinski definition) is 2. The van der Waals surface area contributed by atoms with Gasteiger partial charge in [0.2, 0.25) is 12.7 Å². The average Bonchev–Trinajstić information content (AvgIpc) is 3.32. The third kappa shape index (κ3) is 6.35. The fourth-order valence-electron chi connectivity index (χ4n) is 3.53. The molecule has 2 aromatic rings. The lowest BCUT2D eigenvalue weighted by atomic mass is 10.2. The van der Waals surface area contributed by atoms with Crippen molar-refractivity contribution >= 4 is 41.1 Å². The van der Waals surface area contributed by atoms with Crippen molar-refractivity contribution in [1.29, 1.82) is 0 Å².